The highest BCUT2D eigenvalue weighted by Gasteiger charge is 2.08. The van der Waals surface area contributed by atoms with Crippen molar-refractivity contribution in [2.45, 2.75) is 12.8 Å². The minimum absolute atomic E-state index is 0.107. The van der Waals surface area contributed by atoms with Crippen molar-refractivity contribution in [2.75, 3.05) is 13.7 Å². The zero-order chi connectivity index (χ0) is 13.5. The van der Waals surface area contributed by atoms with Gasteiger partial charge in [-0.15, -0.1) is 0 Å². The Bertz CT molecular complexity index is 448. The maximum Gasteiger partial charge on any atom is 0.335 e. The number of carboxylic acid groups (broad SMARTS) is 1. The van der Waals surface area contributed by atoms with Crippen LogP contribution in [0, 0.1) is 5.82 Å². The van der Waals surface area contributed by atoms with Crippen molar-refractivity contribution in [1.82, 2.24) is 5.32 Å². The first-order valence-corrected chi connectivity index (χ1v) is 5.40. The number of aromatic carboxylic acids is 1. The average molecular weight is 255 g/mol. The lowest BCUT2D eigenvalue weighted by molar-refractivity contribution is -0.120. The van der Waals surface area contributed by atoms with E-state index in [9.17, 15) is 14.0 Å². The number of amides is 1. The van der Waals surface area contributed by atoms with E-state index in [1.165, 1.54) is 13.1 Å². The van der Waals surface area contributed by atoms with E-state index in [1.54, 1.807) is 0 Å². The number of carbonyl (C=O) groups is 2. The summed E-state index contributed by atoms with van der Waals surface area (Å²) in [7, 11) is 1.54. The van der Waals surface area contributed by atoms with Gasteiger partial charge in [0.2, 0.25) is 5.91 Å². The number of hydrogen-bond acceptors (Lipinski definition) is 3. The first-order valence-electron chi connectivity index (χ1n) is 5.40. The third-order valence-electron chi connectivity index (χ3n) is 2.21. The summed E-state index contributed by atoms with van der Waals surface area (Å²) < 4.78 is 18.3. The van der Waals surface area contributed by atoms with Crippen LogP contribution in [0.5, 0.6) is 5.75 Å². The third kappa shape index (κ3) is 4.40. The number of carbonyl (C=O) groups excluding carboxylic acids is 1. The van der Waals surface area contributed by atoms with Gasteiger partial charge in [-0.1, -0.05) is 0 Å². The highest BCUT2D eigenvalue weighted by atomic mass is 19.1. The van der Waals surface area contributed by atoms with Gasteiger partial charge in [-0.05, 0) is 18.6 Å². The van der Waals surface area contributed by atoms with Crippen molar-refractivity contribution in [3.8, 4) is 5.75 Å². The molecule has 1 rings (SSSR count). The summed E-state index contributed by atoms with van der Waals surface area (Å²) in [4.78, 5) is 21.6. The normalized spacial score (nSPS) is 9.89. The SMILES string of the molecule is CNC(=O)CCCOc1cc(F)cc(C(=O)O)c1. The first-order chi connectivity index (χ1) is 8.52. The van der Waals surface area contributed by atoms with Crippen molar-refractivity contribution >= 4 is 11.9 Å². The molecule has 0 aliphatic rings. The smallest absolute Gasteiger partial charge is 0.335 e. The van der Waals surface area contributed by atoms with Gasteiger partial charge >= 0.3 is 5.97 Å². The van der Waals surface area contributed by atoms with E-state index in [0.717, 1.165) is 12.1 Å². The molecular weight excluding hydrogens is 241 g/mol. The second kappa shape index (κ2) is 6.58. The number of nitrogens with one attached hydrogen (secondary N) is 1. The Hall–Kier alpha value is -2.11. The van der Waals surface area contributed by atoms with Crippen LogP contribution in [-0.4, -0.2) is 30.6 Å². The molecule has 1 aromatic carbocycles. The van der Waals surface area contributed by atoms with E-state index in [0.29, 0.717) is 12.8 Å². The van der Waals surface area contributed by atoms with Gasteiger partial charge in [-0.3, -0.25) is 4.79 Å². The zero-order valence-corrected chi connectivity index (χ0v) is 9.90. The number of hydrogen-bond donors (Lipinski definition) is 2. The van der Waals surface area contributed by atoms with Crippen molar-refractivity contribution in [2.24, 2.45) is 0 Å². The molecule has 0 unspecified atom stereocenters. The summed E-state index contributed by atoms with van der Waals surface area (Å²) >= 11 is 0. The van der Waals surface area contributed by atoms with Gasteiger partial charge < -0.3 is 15.2 Å². The molecule has 0 bridgehead atoms. The lowest BCUT2D eigenvalue weighted by Gasteiger charge is -2.07. The number of halogens is 1. The van der Waals surface area contributed by atoms with E-state index in [4.69, 9.17) is 9.84 Å². The van der Waals surface area contributed by atoms with Crippen molar-refractivity contribution < 1.29 is 23.8 Å². The Labute approximate surface area is 104 Å². The van der Waals surface area contributed by atoms with Crippen LogP contribution < -0.4 is 10.1 Å². The topological polar surface area (TPSA) is 75.6 Å². The molecule has 0 spiro atoms. The predicted molar refractivity (Wildman–Crippen MR) is 62.2 cm³/mol. The Morgan fingerprint density at radius 1 is 1.39 bits per heavy atom. The van der Waals surface area contributed by atoms with Crippen LogP contribution in [-0.2, 0) is 4.79 Å². The van der Waals surface area contributed by atoms with Crippen molar-refractivity contribution in [1.29, 1.82) is 0 Å². The van der Waals surface area contributed by atoms with E-state index in [1.807, 2.05) is 0 Å². The summed E-state index contributed by atoms with van der Waals surface area (Å²) in [6, 6.07) is 3.26. The van der Waals surface area contributed by atoms with Crippen molar-refractivity contribution in [3.63, 3.8) is 0 Å². The molecule has 0 aliphatic carbocycles. The zero-order valence-electron chi connectivity index (χ0n) is 9.90. The molecule has 0 fully saturated rings. The summed E-state index contributed by atoms with van der Waals surface area (Å²) in [6.45, 7) is 0.218. The molecule has 6 heteroatoms. The second-order valence-electron chi connectivity index (χ2n) is 3.61. The van der Waals surface area contributed by atoms with Gasteiger partial charge in [-0.2, -0.15) is 0 Å². The number of carboxylic acids is 1. The monoisotopic (exact) mass is 255 g/mol. The number of rotatable bonds is 6. The standard InChI is InChI=1S/C12H14FNO4/c1-14-11(15)3-2-4-18-10-6-8(12(16)17)5-9(13)7-10/h5-7H,2-4H2,1H3,(H,14,15)(H,16,17). The Morgan fingerprint density at radius 3 is 2.72 bits per heavy atom. The largest absolute Gasteiger partial charge is 0.493 e. The van der Waals surface area contributed by atoms with E-state index >= 15 is 0 Å². The molecule has 5 nitrogen and oxygen atoms in total. The Balaban J connectivity index is 2.52. The van der Waals surface area contributed by atoms with Gasteiger partial charge in [-0.25, -0.2) is 9.18 Å². The number of benzene rings is 1. The minimum Gasteiger partial charge on any atom is -0.493 e. The summed E-state index contributed by atoms with van der Waals surface area (Å²) in [5.74, 6) is -1.85. The molecule has 0 heterocycles. The number of ether oxygens (including phenoxy) is 1. The van der Waals surface area contributed by atoms with Gasteiger partial charge in [0.05, 0.1) is 12.2 Å². The van der Waals surface area contributed by atoms with E-state index in [-0.39, 0.29) is 23.8 Å². The molecule has 0 radical (unpaired) electrons. The second-order valence-corrected chi connectivity index (χ2v) is 3.61. The molecule has 0 aliphatic heterocycles. The van der Waals surface area contributed by atoms with Gasteiger partial charge in [0.15, 0.2) is 0 Å². The molecule has 2 N–H and O–H groups in total. The lowest BCUT2D eigenvalue weighted by Crippen LogP contribution is -2.18. The fourth-order valence-electron chi connectivity index (χ4n) is 1.32. The van der Waals surface area contributed by atoms with Gasteiger partial charge in [0.1, 0.15) is 11.6 Å². The highest BCUT2D eigenvalue weighted by Crippen LogP contribution is 2.16. The van der Waals surface area contributed by atoms with Crippen molar-refractivity contribution in [3.05, 3.63) is 29.6 Å². The summed E-state index contributed by atoms with van der Waals surface area (Å²) in [5.41, 5.74) is -0.170. The van der Waals surface area contributed by atoms with Gasteiger partial charge in [0, 0.05) is 19.5 Å². The Kier molecular flexibility index (Phi) is 5.10. The predicted octanol–water partition coefficient (Wildman–Crippen LogP) is 1.43. The molecule has 0 atom stereocenters. The summed E-state index contributed by atoms with van der Waals surface area (Å²) in [6.07, 6.45) is 0.774. The van der Waals surface area contributed by atoms with E-state index in [2.05, 4.69) is 5.32 Å². The van der Waals surface area contributed by atoms with Crippen LogP contribution in [0.2, 0.25) is 0 Å². The molecular formula is C12H14FNO4. The lowest BCUT2D eigenvalue weighted by atomic mass is 10.2. The molecule has 0 saturated carbocycles. The van der Waals surface area contributed by atoms with Crippen LogP contribution >= 0.6 is 0 Å². The molecule has 1 amide bonds. The average Bonchev–Trinajstić information content (AvgIpc) is 2.33. The van der Waals surface area contributed by atoms with Crippen LogP contribution in [0.25, 0.3) is 0 Å². The van der Waals surface area contributed by atoms with E-state index < -0.39 is 11.8 Å². The minimum atomic E-state index is -1.22. The quantitative estimate of drug-likeness (QED) is 0.754. The van der Waals surface area contributed by atoms with Crippen LogP contribution in [0.4, 0.5) is 4.39 Å². The maximum atomic E-state index is 13.1. The molecule has 0 saturated heterocycles. The highest BCUT2D eigenvalue weighted by molar-refractivity contribution is 5.88. The third-order valence-corrected chi connectivity index (χ3v) is 2.21. The molecule has 98 valence electrons. The fraction of sp³-hybridized carbons (Fsp3) is 0.333. The maximum absolute atomic E-state index is 13.1. The first kappa shape index (κ1) is 14.0. The molecule has 1 aromatic rings. The summed E-state index contributed by atoms with van der Waals surface area (Å²) in [5, 5.41) is 11.2. The van der Waals surface area contributed by atoms with Crippen LogP contribution in [0.3, 0.4) is 0 Å². The van der Waals surface area contributed by atoms with Crippen LogP contribution in [0.15, 0.2) is 18.2 Å². The van der Waals surface area contributed by atoms with Gasteiger partial charge in [0.25, 0.3) is 0 Å². The van der Waals surface area contributed by atoms with Crippen LogP contribution in [0.1, 0.15) is 23.2 Å². The Morgan fingerprint density at radius 2 is 2.11 bits per heavy atom. The fourth-order valence-corrected chi connectivity index (χ4v) is 1.32. The molecule has 18 heavy (non-hydrogen) atoms. The molecule has 0 aromatic heterocycles.